The molecule has 1 aromatic rings. The van der Waals surface area contributed by atoms with Gasteiger partial charge in [-0.1, -0.05) is 12.1 Å². The maximum Gasteiger partial charge on any atom is 0.416 e. The van der Waals surface area contributed by atoms with Crippen molar-refractivity contribution in [3.8, 4) is 0 Å². The van der Waals surface area contributed by atoms with Crippen LogP contribution < -0.4 is 0 Å². The predicted molar refractivity (Wildman–Crippen MR) is 64.4 cm³/mol. The van der Waals surface area contributed by atoms with Crippen LogP contribution in [0.2, 0.25) is 0 Å². The second-order valence-corrected chi connectivity index (χ2v) is 4.96. The minimum absolute atomic E-state index is 0.147. The molecule has 0 spiro atoms. The highest BCUT2D eigenvalue weighted by Crippen LogP contribution is 2.30. The molecule has 5 nitrogen and oxygen atoms in total. The third kappa shape index (κ3) is 3.09. The smallest absolute Gasteiger partial charge is 0.416 e. The highest BCUT2D eigenvalue weighted by atomic mass is 19.4. The molecule has 0 aliphatic carbocycles. The topological polar surface area (TPSA) is 66.8 Å². The van der Waals surface area contributed by atoms with Crippen molar-refractivity contribution in [1.29, 1.82) is 0 Å². The van der Waals surface area contributed by atoms with Crippen molar-refractivity contribution in [2.75, 3.05) is 6.54 Å². The molecule has 0 bridgehead atoms. The van der Waals surface area contributed by atoms with Gasteiger partial charge in [0.2, 0.25) is 5.60 Å². The normalized spacial score (nSPS) is 22.3. The number of carboxylic acid groups (broad SMARTS) is 1. The maximum atomic E-state index is 12.6. The van der Waals surface area contributed by atoms with E-state index >= 15 is 0 Å². The van der Waals surface area contributed by atoms with Gasteiger partial charge in [-0.05, 0) is 24.6 Å². The lowest BCUT2D eigenvalue weighted by molar-refractivity contribution is -0.153. The first-order chi connectivity index (χ1) is 9.62. The summed E-state index contributed by atoms with van der Waals surface area (Å²) in [6.07, 6.45) is -5.34. The second kappa shape index (κ2) is 4.94. The summed E-state index contributed by atoms with van der Waals surface area (Å²) in [7, 11) is 0. The number of carbonyl (C=O) groups is 2. The van der Waals surface area contributed by atoms with Crippen LogP contribution in [-0.4, -0.2) is 34.2 Å². The molecular weight excluding hydrogens is 291 g/mol. The lowest BCUT2D eigenvalue weighted by Crippen LogP contribution is -2.39. The summed E-state index contributed by atoms with van der Waals surface area (Å²) in [5.41, 5.74) is -2.26. The average Bonchev–Trinajstić information content (AvgIpc) is 2.65. The molecular formula is C13H12F3NO4. The summed E-state index contributed by atoms with van der Waals surface area (Å²) in [6, 6.07) is 4.51. The van der Waals surface area contributed by atoms with Crippen molar-refractivity contribution in [3.63, 3.8) is 0 Å². The van der Waals surface area contributed by atoms with Crippen molar-refractivity contribution in [2.24, 2.45) is 0 Å². The van der Waals surface area contributed by atoms with E-state index in [9.17, 15) is 22.8 Å². The van der Waals surface area contributed by atoms with Crippen LogP contribution in [-0.2, 0) is 22.3 Å². The van der Waals surface area contributed by atoms with E-state index in [0.717, 1.165) is 17.0 Å². The number of rotatable bonds is 3. The molecule has 1 atom stereocenters. The number of amides is 1. The SMILES string of the molecule is CC1(C(=O)O)CN(Cc2cccc(C(F)(F)F)c2)C(=O)O1. The Hall–Kier alpha value is -2.25. The molecule has 114 valence electrons. The Bertz CT molecular complexity index is 587. The van der Waals surface area contributed by atoms with E-state index in [1.54, 1.807) is 0 Å². The van der Waals surface area contributed by atoms with E-state index in [1.165, 1.54) is 19.1 Å². The van der Waals surface area contributed by atoms with Gasteiger partial charge in [-0.15, -0.1) is 0 Å². The number of carbonyl (C=O) groups excluding carboxylic acids is 1. The fourth-order valence-corrected chi connectivity index (χ4v) is 2.02. The fraction of sp³-hybridized carbons (Fsp3) is 0.385. The molecule has 0 radical (unpaired) electrons. The molecule has 1 saturated heterocycles. The van der Waals surface area contributed by atoms with Crippen LogP contribution >= 0.6 is 0 Å². The van der Waals surface area contributed by atoms with Gasteiger partial charge in [0.1, 0.15) is 0 Å². The molecule has 1 aliphatic rings. The number of benzene rings is 1. The van der Waals surface area contributed by atoms with E-state index in [2.05, 4.69) is 0 Å². The summed E-state index contributed by atoms with van der Waals surface area (Å²) in [4.78, 5) is 23.7. The first kappa shape index (κ1) is 15.1. The Balaban J connectivity index is 2.16. The quantitative estimate of drug-likeness (QED) is 0.931. The van der Waals surface area contributed by atoms with Crippen molar-refractivity contribution < 1.29 is 32.6 Å². The Labute approximate surface area is 117 Å². The summed E-state index contributed by atoms with van der Waals surface area (Å²) < 4.78 is 42.6. The molecule has 1 N–H and O–H groups in total. The number of hydrogen-bond acceptors (Lipinski definition) is 3. The summed E-state index contributed by atoms with van der Waals surface area (Å²) in [6.45, 7) is 0.863. The standard InChI is InChI=1S/C13H12F3NO4/c1-12(10(18)19)7-17(11(20)21-12)6-8-3-2-4-9(5-8)13(14,15)16/h2-5H,6-7H2,1H3,(H,18,19). The summed E-state index contributed by atoms with van der Waals surface area (Å²) in [5.74, 6) is -1.30. The number of nitrogens with zero attached hydrogens (tertiary/aromatic N) is 1. The third-order valence-corrected chi connectivity index (χ3v) is 3.14. The lowest BCUT2D eigenvalue weighted by Gasteiger charge is -2.16. The molecule has 8 heteroatoms. The van der Waals surface area contributed by atoms with Crippen molar-refractivity contribution in [1.82, 2.24) is 4.90 Å². The third-order valence-electron chi connectivity index (χ3n) is 3.14. The summed E-state index contributed by atoms with van der Waals surface area (Å²) in [5, 5.41) is 8.97. The second-order valence-electron chi connectivity index (χ2n) is 4.96. The van der Waals surface area contributed by atoms with Gasteiger partial charge < -0.3 is 9.84 Å². The predicted octanol–water partition coefficient (Wildman–Crippen LogP) is 2.50. The first-order valence-electron chi connectivity index (χ1n) is 5.99. The number of aliphatic carboxylic acids is 1. The van der Waals surface area contributed by atoms with Gasteiger partial charge in [0.15, 0.2) is 0 Å². The van der Waals surface area contributed by atoms with Crippen LogP contribution in [0.15, 0.2) is 24.3 Å². The van der Waals surface area contributed by atoms with Crippen LogP contribution in [0.3, 0.4) is 0 Å². The molecule has 0 saturated carbocycles. The number of cyclic esters (lactones) is 1. The Morgan fingerprint density at radius 1 is 1.48 bits per heavy atom. The monoisotopic (exact) mass is 303 g/mol. The van der Waals surface area contributed by atoms with Gasteiger partial charge >= 0.3 is 18.2 Å². The zero-order valence-corrected chi connectivity index (χ0v) is 11.0. The van der Waals surface area contributed by atoms with Gasteiger partial charge in [0, 0.05) is 6.54 Å². The zero-order valence-electron chi connectivity index (χ0n) is 11.0. The molecule has 21 heavy (non-hydrogen) atoms. The minimum atomic E-state index is -4.48. The van der Waals surface area contributed by atoms with Gasteiger partial charge in [-0.3, -0.25) is 4.90 Å². The van der Waals surface area contributed by atoms with E-state index < -0.39 is 29.4 Å². The number of ether oxygens (including phenoxy) is 1. The molecule has 1 unspecified atom stereocenters. The van der Waals surface area contributed by atoms with E-state index in [1.807, 2.05) is 0 Å². The van der Waals surface area contributed by atoms with E-state index in [4.69, 9.17) is 9.84 Å². The van der Waals surface area contributed by atoms with Crippen LogP contribution in [0.1, 0.15) is 18.1 Å². The minimum Gasteiger partial charge on any atom is -0.478 e. The number of halogens is 3. The Morgan fingerprint density at radius 3 is 2.67 bits per heavy atom. The van der Waals surface area contributed by atoms with Crippen molar-refractivity contribution in [3.05, 3.63) is 35.4 Å². The van der Waals surface area contributed by atoms with Gasteiger partial charge in [0.25, 0.3) is 0 Å². The van der Waals surface area contributed by atoms with Gasteiger partial charge in [-0.25, -0.2) is 9.59 Å². The van der Waals surface area contributed by atoms with Crippen molar-refractivity contribution >= 4 is 12.1 Å². The number of carboxylic acids is 1. The zero-order chi connectivity index (χ0) is 15.8. The molecule has 1 amide bonds. The fourth-order valence-electron chi connectivity index (χ4n) is 2.02. The molecule has 1 aromatic carbocycles. The largest absolute Gasteiger partial charge is 0.478 e. The first-order valence-corrected chi connectivity index (χ1v) is 5.99. The molecule has 1 fully saturated rings. The van der Waals surface area contributed by atoms with Crippen LogP contribution in [0.5, 0.6) is 0 Å². The molecule has 1 heterocycles. The maximum absolute atomic E-state index is 12.6. The summed E-state index contributed by atoms with van der Waals surface area (Å²) >= 11 is 0. The highest BCUT2D eigenvalue weighted by molar-refractivity contribution is 5.84. The number of hydrogen-bond donors (Lipinski definition) is 1. The van der Waals surface area contributed by atoms with E-state index in [0.29, 0.717) is 0 Å². The van der Waals surface area contributed by atoms with Crippen LogP contribution in [0.4, 0.5) is 18.0 Å². The van der Waals surface area contributed by atoms with Crippen molar-refractivity contribution in [2.45, 2.75) is 25.2 Å². The van der Waals surface area contributed by atoms with Crippen LogP contribution in [0, 0.1) is 0 Å². The van der Waals surface area contributed by atoms with E-state index in [-0.39, 0.29) is 18.7 Å². The molecule has 1 aliphatic heterocycles. The average molecular weight is 303 g/mol. The van der Waals surface area contributed by atoms with Crippen LogP contribution in [0.25, 0.3) is 0 Å². The van der Waals surface area contributed by atoms with Gasteiger partial charge in [-0.2, -0.15) is 13.2 Å². The Kier molecular flexibility index (Phi) is 3.56. The molecule has 2 rings (SSSR count). The lowest BCUT2D eigenvalue weighted by atomic mass is 10.1. The Morgan fingerprint density at radius 2 is 2.14 bits per heavy atom. The molecule has 0 aromatic heterocycles. The highest BCUT2D eigenvalue weighted by Gasteiger charge is 2.47. The van der Waals surface area contributed by atoms with Gasteiger partial charge in [0.05, 0.1) is 12.1 Å². The number of alkyl halides is 3.